The number of carboxylic acids is 1. The zero-order chi connectivity index (χ0) is 8.15. The molecule has 0 heterocycles. The van der Waals surface area contributed by atoms with Crippen molar-refractivity contribution >= 4 is 12.4 Å². The molecule has 0 aromatic carbocycles. The minimum Gasteiger partial charge on any atom is -0.480 e. The first-order valence-electron chi connectivity index (χ1n) is 2.70. The van der Waals surface area contributed by atoms with E-state index in [1.807, 2.05) is 5.32 Å². The monoisotopic (exact) mass is 147 g/mol. The highest BCUT2D eigenvalue weighted by Gasteiger charge is 2.21. The van der Waals surface area contributed by atoms with Crippen LogP contribution in [0.25, 0.3) is 0 Å². The van der Waals surface area contributed by atoms with Crippen LogP contribution in [-0.2, 0) is 9.59 Å². The lowest BCUT2D eigenvalue weighted by Gasteiger charge is -2.12. The molecule has 0 saturated heterocycles. The molecule has 58 valence electrons. The van der Waals surface area contributed by atoms with Gasteiger partial charge in [0.2, 0.25) is 6.41 Å². The van der Waals surface area contributed by atoms with Gasteiger partial charge in [0.25, 0.3) is 0 Å². The number of aliphatic hydroxyl groups excluding tert-OH is 1. The van der Waals surface area contributed by atoms with Crippen LogP contribution in [0.4, 0.5) is 0 Å². The van der Waals surface area contributed by atoms with Crippen molar-refractivity contribution in [2.45, 2.75) is 19.1 Å². The molecule has 0 aliphatic rings. The van der Waals surface area contributed by atoms with Crippen LogP contribution < -0.4 is 5.32 Å². The van der Waals surface area contributed by atoms with E-state index in [-0.39, 0.29) is 6.41 Å². The van der Waals surface area contributed by atoms with Gasteiger partial charge in [0, 0.05) is 0 Å². The topological polar surface area (TPSA) is 86.6 Å². The summed E-state index contributed by atoms with van der Waals surface area (Å²) >= 11 is 0. The van der Waals surface area contributed by atoms with E-state index in [0.717, 1.165) is 0 Å². The molecule has 3 N–H and O–H groups in total. The van der Waals surface area contributed by atoms with Gasteiger partial charge < -0.3 is 15.5 Å². The van der Waals surface area contributed by atoms with E-state index in [0.29, 0.717) is 0 Å². The second-order valence-corrected chi connectivity index (χ2v) is 1.84. The Bertz CT molecular complexity index is 134. The van der Waals surface area contributed by atoms with Crippen molar-refractivity contribution in [1.82, 2.24) is 5.32 Å². The first-order valence-corrected chi connectivity index (χ1v) is 2.70. The lowest BCUT2D eigenvalue weighted by atomic mass is 10.2. The normalized spacial score (nSPS) is 15.4. The molecule has 0 rings (SSSR count). The molecule has 2 unspecified atom stereocenters. The number of aliphatic hydroxyl groups is 1. The summed E-state index contributed by atoms with van der Waals surface area (Å²) in [6, 6.07) is -1.21. The fourth-order valence-corrected chi connectivity index (χ4v) is 0.490. The van der Waals surface area contributed by atoms with Crippen LogP contribution in [0.2, 0.25) is 0 Å². The molecule has 0 fully saturated rings. The molecule has 0 spiro atoms. The molecule has 0 radical (unpaired) electrons. The summed E-state index contributed by atoms with van der Waals surface area (Å²) in [6.07, 6.45) is -0.839. The fraction of sp³-hybridized carbons (Fsp3) is 0.600. The second kappa shape index (κ2) is 3.84. The Balaban J connectivity index is 3.97. The maximum absolute atomic E-state index is 10.1. The Hall–Kier alpha value is -1.10. The third-order valence-corrected chi connectivity index (χ3v) is 0.996. The maximum Gasteiger partial charge on any atom is 0.328 e. The fourth-order valence-electron chi connectivity index (χ4n) is 0.490. The van der Waals surface area contributed by atoms with Gasteiger partial charge in [0.05, 0.1) is 6.10 Å². The van der Waals surface area contributed by atoms with Crippen LogP contribution in [0.15, 0.2) is 0 Å². The average molecular weight is 147 g/mol. The van der Waals surface area contributed by atoms with Gasteiger partial charge in [0.1, 0.15) is 0 Å². The van der Waals surface area contributed by atoms with Gasteiger partial charge in [-0.1, -0.05) is 0 Å². The molecule has 0 aliphatic carbocycles. The SMILES string of the molecule is CC(O)C(NC=O)C(=O)O. The predicted octanol–water partition coefficient (Wildman–Crippen LogP) is -1.43. The molecular weight excluding hydrogens is 138 g/mol. The quantitative estimate of drug-likeness (QED) is 0.425. The van der Waals surface area contributed by atoms with Gasteiger partial charge in [-0.25, -0.2) is 4.79 Å². The molecule has 0 aliphatic heterocycles. The number of aliphatic carboxylic acids is 1. The molecule has 0 aromatic heterocycles. The van der Waals surface area contributed by atoms with Gasteiger partial charge >= 0.3 is 5.97 Å². The van der Waals surface area contributed by atoms with Crippen LogP contribution in [0.1, 0.15) is 6.92 Å². The smallest absolute Gasteiger partial charge is 0.328 e. The Morgan fingerprint density at radius 2 is 2.20 bits per heavy atom. The van der Waals surface area contributed by atoms with Gasteiger partial charge in [-0.3, -0.25) is 4.79 Å². The number of amides is 1. The number of nitrogens with one attached hydrogen (secondary N) is 1. The summed E-state index contributed by atoms with van der Waals surface area (Å²) in [7, 11) is 0. The molecular formula is C5H9NO4. The van der Waals surface area contributed by atoms with E-state index in [1.165, 1.54) is 6.92 Å². The average Bonchev–Trinajstić information content (AvgIpc) is 1.81. The van der Waals surface area contributed by atoms with E-state index < -0.39 is 18.1 Å². The van der Waals surface area contributed by atoms with Crippen molar-refractivity contribution in [3.63, 3.8) is 0 Å². The van der Waals surface area contributed by atoms with E-state index >= 15 is 0 Å². The summed E-state index contributed by atoms with van der Waals surface area (Å²) in [6.45, 7) is 1.29. The van der Waals surface area contributed by atoms with Crippen molar-refractivity contribution in [3.8, 4) is 0 Å². The van der Waals surface area contributed by atoms with Crippen molar-refractivity contribution < 1.29 is 19.8 Å². The first kappa shape index (κ1) is 8.90. The molecule has 5 heteroatoms. The van der Waals surface area contributed by atoms with Crippen LogP contribution in [0, 0.1) is 0 Å². The second-order valence-electron chi connectivity index (χ2n) is 1.84. The van der Waals surface area contributed by atoms with Crippen molar-refractivity contribution in [1.29, 1.82) is 0 Å². The summed E-state index contributed by atoms with van der Waals surface area (Å²) in [5.74, 6) is -1.25. The van der Waals surface area contributed by atoms with Gasteiger partial charge in [-0.15, -0.1) is 0 Å². The summed E-state index contributed by atoms with van der Waals surface area (Å²) in [5, 5.41) is 19.0. The minimum atomic E-state index is -1.25. The number of carbonyl (C=O) groups excluding carboxylic acids is 1. The number of hydrogen-bond donors (Lipinski definition) is 3. The van der Waals surface area contributed by atoms with Gasteiger partial charge in [0.15, 0.2) is 6.04 Å². The minimum absolute atomic E-state index is 0.242. The largest absolute Gasteiger partial charge is 0.480 e. The Kier molecular flexibility index (Phi) is 3.42. The van der Waals surface area contributed by atoms with Crippen LogP contribution in [0.5, 0.6) is 0 Å². The zero-order valence-corrected chi connectivity index (χ0v) is 5.44. The zero-order valence-electron chi connectivity index (χ0n) is 5.44. The van der Waals surface area contributed by atoms with Crippen LogP contribution in [-0.4, -0.2) is 34.7 Å². The first-order chi connectivity index (χ1) is 4.59. The maximum atomic E-state index is 10.1. The molecule has 2 atom stereocenters. The molecule has 0 aromatic rings. The summed E-state index contributed by atoms with van der Waals surface area (Å²) < 4.78 is 0. The lowest BCUT2D eigenvalue weighted by molar-refractivity contribution is -0.143. The van der Waals surface area contributed by atoms with Crippen molar-refractivity contribution in [2.24, 2.45) is 0 Å². The summed E-state index contributed by atoms with van der Waals surface area (Å²) in [5.41, 5.74) is 0. The van der Waals surface area contributed by atoms with Gasteiger partial charge in [-0.2, -0.15) is 0 Å². The van der Waals surface area contributed by atoms with Crippen molar-refractivity contribution in [3.05, 3.63) is 0 Å². The van der Waals surface area contributed by atoms with Crippen LogP contribution >= 0.6 is 0 Å². The standard InChI is InChI=1S/C5H9NO4/c1-3(8)4(5(9)10)6-2-7/h2-4,8H,1H3,(H,6,7)(H,9,10). The molecule has 1 amide bonds. The Morgan fingerprint density at radius 3 is 2.30 bits per heavy atom. The van der Waals surface area contributed by atoms with E-state index in [2.05, 4.69) is 0 Å². The highest BCUT2D eigenvalue weighted by atomic mass is 16.4. The molecule has 10 heavy (non-hydrogen) atoms. The third-order valence-electron chi connectivity index (χ3n) is 0.996. The number of rotatable bonds is 4. The Labute approximate surface area is 57.7 Å². The van der Waals surface area contributed by atoms with E-state index in [4.69, 9.17) is 10.2 Å². The number of carbonyl (C=O) groups is 2. The third kappa shape index (κ3) is 2.45. The highest BCUT2D eigenvalue weighted by Crippen LogP contribution is 1.90. The van der Waals surface area contributed by atoms with Gasteiger partial charge in [-0.05, 0) is 6.92 Å². The Morgan fingerprint density at radius 1 is 1.70 bits per heavy atom. The van der Waals surface area contributed by atoms with E-state index in [1.54, 1.807) is 0 Å². The molecule has 0 bridgehead atoms. The highest BCUT2D eigenvalue weighted by molar-refractivity contribution is 5.76. The molecule has 0 saturated carbocycles. The van der Waals surface area contributed by atoms with Crippen molar-refractivity contribution in [2.75, 3.05) is 0 Å². The summed E-state index contributed by atoms with van der Waals surface area (Å²) in [4.78, 5) is 19.9. The predicted molar refractivity (Wildman–Crippen MR) is 32.3 cm³/mol. The lowest BCUT2D eigenvalue weighted by Crippen LogP contribution is -2.43. The number of hydrogen-bond acceptors (Lipinski definition) is 3. The molecule has 5 nitrogen and oxygen atoms in total. The van der Waals surface area contributed by atoms with E-state index in [9.17, 15) is 9.59 Å². The van der Waals surface area contributed by atoms with Crippen LogP contribution in [0.3, 0.4) is 0 Å². The number of carboxylic acid groups (broad SMARTS) is 1.